The highest BCUT2D eigenvalue weighted by Gasteiger charge is 2.31. The molecule has 0 aliphatic heterocycles. The fourth-order valence-corrected chi connectivity index (χ4v) is 5.05. The molecular formula is C25H31F2N3O4S. The van der Waals surface area contributed by atoms with Crippen molar-refractivity contribution in [1.29, 1.82) is 0 Å². The van der Waals surface area contributed by atoms with Gasteiger partial charge in [0.05, 0.1) is 11.9 Å². The van der Waals surface area contributed by atoms with Gasteiger partial charge in [0.1, 0.15) is 24.2 Å². The van der Waals surface area contributed by atoms with E-state index in [2.05, 4.69) is 5.32 Å². The van der Waals surface area contributed by atoms with E-state index in [1.165, 1.54) is 37.3 Å². The standard InChI is InChI=1S/C25H31F2N3O4S/c1-18(25(32)28-21-11-4-3-5-12-21)29(16-19-9-6-7-14-23(19)27)24(31)17-30(35(2,33)34)22-13-8-10-20(26)15-22/h6-10,13-15,18,21H,3-5,11-12,16-17H2,1-2H3,(H,28,32)/t18-/m1/s1. The van der Waals surface area contributed by atoms with E-state index in [4.69, 9.17) is 0 Å². The normalized spacial score (nSPS) is 15.3. The summed E-state index contributed by atoms with van der Waals surface area (Å²) in [6.07, 6.45) is 5.73. The molecule has 1 N–H and O–H groups in total. The topological polar surface area (TPSA) is 86.8 Å². The fourth-order valence-electron chi connectivity index (χ4n) is 4.21. The molecule has 1 atom stereocenters. The first-order valence-electron chi connectivity index (χ1n) is 11.6. The Morgan fingerprint density at radius 3 is 2.37 bits per heavy atom. The largest absolute Gasteiger partial charge is 0.352 e. The van der Waals surface area contributed by atoms with Crippen LogP contribution in [0, 0.1) is 11.6 Å². The minimum Gasteiger partial charge on any atom is -0.352 e. The molecule has 0 bridgehead atoms. The molecular weight excluding hydrogens is 476 g/mol. The van der Waals surface area contributed by atoms with Gasteiger partial charge in [-0.3, -0.25) is 13.9 Å². The number of hydrogen-bond donors (Lipinski definition) is 1. The van der Waals surface area contributed by atoms with Gasteiger partial charge in [-0.15, -0.1) is 0 Å². The van der Waals surface area contributed by atoms with Crippen LogP contribution < -0.4 is 9.62 Å². The fraction of sp³-hybridized carbons (Fsp3) is 0.440. The molecule has 1 fully saturated rings. The summed E-state index contributed by atoms with van der Waals surface area (Å²) in [6, 6.07) is 9.78. The van der Waals surface area contributed by atoms with Crippen molar-refractivity contribution < 1.29 is 26.8 Å². The summed E-state index contributed by atoms with van der Waals surface area (Å²) < 4.78 is 53.9. The lowest BCUT2D eigenvalue weighted by molar-refractivity contribution is -0.139. The Morgan fingerprint density at radius 2 is 1.74 bits per heavy atom. The first kappa shape index (κ1) is 26.6. The van der Waals surface area contributed by atoms with Crippen LogP contribution in [0.2, 0.25) is 0 Å². The number of nitrogens with zero attached hydrogens (tertiary/aromatic N) is 2. The summed E-state index contributed by atoms with van der Waals surface area (Å²) >= 11 is 0. The van der Waals surface area contributed by atoms with Gasteiger partial charge in [0, 0.05) is 18.2 Å². The molecule has 1 aliphatic carbocycles. The van der Waals surface area contributed by atoms with Crippen LogP contribution in [0.5, 0.6) is 0 Å². The van der Waals surface area contributed by atoms with Gasteiger partial charge in [-0.25, -0.2) is 17.2 Å². The van der Waals surface area contributed by atoms with Crippen molar-refractivity contribution in [3.8, 4) is 0 Å². The number of nitrogens with one attached hydrogen (secondary N) is 1. The highest BCUT2D eigenvalue weighted by Crippen LogP contribution is 2.21. The minimum atomic E-state index is -3.97. The minimum absolute atomic E-state index is 0.00363. The Labute approximate surface area is 205 Å². The first-order chi connectivity index (χ1) is 16.6. The Balaban J connectivity index is 1.88. The van der Waals surface area contributed by atoms with Gasteiger partial charge in [0.15, 0.2) is 0 Å². The molecule has 0 heterocycles. The molecule has 2 amide bonds. The lowest BCUT2D eigenvalue weighted by Gasteiger charge is -2.33. The number of halogens is 2. The van der Waals surface area contributed by atoms with Crippen LogP contribution in [0.4, 0.5) is 14.5 Å². The molecule has 1 aliphatic rings. The molecule has 190 valence electrons. The third-order valence-corrected chi connectivity index (χ3v) is 7.33. The van der Waals surface area contributed by atoms with E-state index in [1.54, 1.807) is 6.07 Å². The van der Waals surface area contributed by atoms with E-state index in [0.29, 0.717) is 0 Å². The number of benzene rings is 2. The van der Waals surface area contributed by atoms with Crippen molar-refractivity contribution in [1.82, 2.24) is 10.2 Å². The molecule has 0 saturated heterocycles. The van der Waals surface area contributed by atoms with Gasteiger partial charge >= 0.3 is 0 Å². The molecule has 1 saturated carbocycles. The van der Waals surface area contributed by atoms with E-state index in [9.17, 15) is 26.8 Å². The smallest absolute Gasteiger partial charge is 0.244 e. The number of carbonyl (C=O) groups excluding carboxylic acids is 2. The van der Waals surface area contributed by atoms with Crippen LogP contribution in [0.1, 0.15) is 44.6 Å². The summed E-state index contributed by atoms with van der Waals surface area (Å²) in [5, 5.41) is 2.97. The molecule has 0 radical (unpaired) electrons. The van der Waals surface area contributed by atoms with Crippen LogP contribution in [-0.2, 0) is 26.2 Å². The molecule has 10 heteroatoms. The Hall–Kier alpha value is -3.01. The Kier molecular flexibility index (Phi) is 8.82. The van der Waals surface area contributed by atoms with Gasteiger partial charge in [0.25, 0.3) is 0 Å². The average Bonchev–Trinajstić information content (AvgIpc) is 2.81. The Morgan fingerprint density at radius 1 is 1.06 bits per heavy atom. The zero-order chi connectivity index (χ0) is 25.6. The second-order valence-electron chi connectivity index (χ2n) is 8.88. The van der Waals surface area contributed by atoms with Crippen LogP contribution in [0.15, 0.2) is 48.5 Å². The maximum atomic E-state index is 14.4. The third-order valence-electron chi connectivity index (χ3n) is 6.19. The van der Waals surface area contributed by atoms with Crippen molar-refractivity contribution in [3.63, 3.8) is 0 Å². The summed E-state index contributed by atoms with van der Waals surface area (Å²) in [5.41, 5.74) is 0.167. The first-order valence-corrected chi connectivity index (χ1v) is 13.5. The second kappa shape index (κ2) is 11.6. The molecule has 7 nitrogen and oxygen atoms in total. The lowest BCUT2D eigenvalue weighted by atomic mass is 9.95. The summed E-state index contributed by atoms with van der Waals surface area (Å²) in [7, 11) is -3.97. The SMILES string of the molecule is C[C@H](C(=O)NC1CCCCC1)N(Cc1ccccc1F)C(=O)CN(c1cccc(F)c1)S(C)(=O)=O. The van der Waals surface area contributed by atoms with Crippen molar-refractivity contribution in [2.75, 3.05) is 17.1 Å². The van der Waals surface area contributed by atoms with Crippen molar-refractivity contribution >= 4 is 27.5 Å². The molecule has 2 aromatic rings. The predicted octanol–water partition coefficient (Wildman–Crippen LogP) is 3.60. The summed E-state index contributed by atoms with van der Waals surface area (Å²) in [6.45, 7) is 0.632. The monoisotopic (exact) mass is 507 g/mol. The lowest BCUT2D eigenvalue weighted by Crippen LogP contribution is -2.53. The third kappa shape index (κ3) is 7.24. The van der Waals surface area contributed by atoms with Crippen molar-refractivity contribution in [2.45, 2.75) is 57.7 Å². The van der Waals surface area contributed by atoms with Gasteiger partial charge in [0.2, 0.25) is 21.8 Å². The predicted molar refractivity (Wildman–Crippen MR) is 130 cm³/mol. The zero-order valence-electron chi connectivity index (χ0n) is 19.9. The molecule has 0 spiro atoms. The van der Waals surface area contributed by atoms with Gasteiger partial charge in [-0.2, -0.15) is 0 Å². The highest BCUT2D eigenvalue weighted by molar-refractivity contribution is 7.92. The van der Waals surface area contributed by atoms with Crippen LogP contribution in [0.25, 0.3) is 0 Å². The van der Waals surface area contributed by atoms with Gasteiger partial charge in [-0.05, 0) is 44.0 Å². The van der Waals surface area contributed by atoms with E-state index in [-0.39, 0.29) is 23.8 Å². The molecule has 2 aromatic carbocycles. The highest BCUT2D eigenvalue weighted by atomic mass is 32.2. The van der Waals surface area contributed by atoms with E-state index >= 15 is 0 Å². The van der Waals surface area contributed by atoms with Crippen molar-refractivity contribution in [3.05, 3.63) is 65.7 Å². The number of rotatable bonds is 9. The second-order valence-corrected chi connectivity index (χ2v) is 10.8. The van der Waals surface area contributed by atoms with E-state index in [0.717, 1.165) is 59.7 Å². The molecule has 0 aromatic heterocycles. The number of amides is 2. The number of anilines is 1. The van der Waals surface area contributed by atoms with E-state index < -0.39 is 46.1 Å². The molecule has 3 rings (SSSR count). The number of hydrogen-bond acceptors (Lipinski definition) is 4. The number of carbonyl (C=O) groups is 2. The number of sulfonamides is 1. The zero-order valence-corrected chi connectivity index (χ0v) is 20.7. The maximum Gasteiger partial charge on any atom is 0.244 e. The van der Waals surface area contributed by atoms with Gasteiger partial charge < -0.3 is 10.2 Å². The van der Waals surface area contributed by atoms with Crippen molar-refractivity contribution in [2.24, 2.45) is 0 Å². The summed E-state index contributed by atoms with van der Waals surface area (Å²) in [4.78, 5) is 27.6. The van der Waals surface area contributed by atoms with Crippen LogP contribution >= 0.6 is 0 Å². The average molecular weight is 508 g/mol. The molecule has 35 heavy (non-hydrogen) atoms. The van der Waals surface area contributed by atoms with Gasteiger partial charge in [-0.1, -0.05) is 43.5 Å². The summed E-state index contributed by atoms with van der Waals surface area (Å²) in [5.74, 6) is -2.31. The van der Waals surface area contributed by atoms with Crippen LogP contribution in [0.3, 0.4) is 0 Å². The maximum absolute atomic E-state index is 14.4. The molecule has 0 unspecified atom stereocenters. The van der Waals surface area contributed by atoms with E-state index in [1.807, 2.05) is 0 Å². The van der Waals surface area contributed by atoms with Crippen LogP contribution in [-0.4, -0.2) is 50.0 Å². The quantitative estimate of drug-likeness (QED) is 0.562. The Bertz CT molecular complexity index is 1150.